The van der Waals surface area contributed by atoms with Crippen molar-refractivity contribution >= 4 is 11.9 Å². The first-order chi connectivity index (χ1) is 11.7. The minimum Gasteiger partial charge on any atom is -0.342 e. The number of hydrogen-bond donors (Lipinski definition) is 0. The molecule has 4 rings (SSSR count). The number of carbonyl (C=O) groups excluding carboxylic acids is 1. The van der Waals surface area contributed by atoms with E-state index < -0.39 is 0 Å². The van der Waals surface area contributed by atoms with E-state index in [1.54, 1.807) is 12.4 Å². The highest BCUT2D eigenvalue weighted by Gasteiger charge is 2.57. The fraction of sp³-hybridized carbons (Fsp3) is 0.421. The molecule has 1 amide bonds. The minimum absolute atomic E-state index is 0.187. The van der Waals surface area contributed by atoms with Crippen LogP contribution in [0.5, 0.6) is 0 Å². The molecule has 5 heteroatoms. The van der Waals surface area contributed by atoms with Gasteiger partial charge in [-0.3, -0.25) is 4.79 Å². The summed E-state index contributed by atoms with van der Waals surface area (Å²) in [5.41, 5.74) is 0.888. The zero-order valence-electron chi connectivity index (χ0n) is 13.9. The Hall–Kier alpha value is -2.43. The van der Waals surface area contributed by atoms with Crippen LogP contribution < -0.4 is 4.90 Å². The Bertz CT molecular complexity index is 721. The number of amides is 1. The lowest BCUT2D eigenvalue weighted by atomic mass is 9.73. The molecule has 2 fully saturated rings. The second-order valence-corrected chi connectivity index (χ2v) is 6.68. The van der Waals surface area contributed by atoms with Crippen LogP contribution in [0.2, 0.25) is 0 Å². The topological polar surface area (TPSA) is 49.3 Å². The van der Waals surface area contributed by atoms with E-state index in [9.17, 15) is 4.79 Å². The van der Waals surface area contributed by atoms with E-state index in [4.69, 9.17) is 0 Å². The van der Waals surface area contributed by atoms with Gasteiger partial charge in [0.15, 0.2) is 0 Å². The van der Waals surface area contributed by atoms with Crippen molar-refractivity contribution in [3.8, 4) is 0 Å². The molecule has 24 heavy (non-hydrogen) atoms. The van der Waals surface area contributed by atoms with E-state index in [1.807, 2.05) is 17.0 Å². The quantitative estimate of drug-likeness (QED) is 0.870. The fourth-order valence-corrected chi connectivity index (χ4v) is 4.26. The molecule has 2 aliphatic rings. The predicted octanol–water partition coefficient (Wildman–Crippen LogP) is 2.32. The lowest BCUT2D eigenvalue weighted by molar-refractivity contribution is -0.135. The minimum atomic E-state index is -0.351. The number of benzene rings is 1. The van der Waals surface area contributed by atoms with E-state index in [2.05, 4.69) is 46.1 Å². The first-order valence-electron chi connectivity index (χ1n) is 8.61. The Labute approximate surface area is 142 Å². The van der Waals surface area contributed by atoms with Crippen LogP contribution in [0, 0.1) is 5.41 Å². The lowest BCUT2D eigenvalue weighted by Gasteiger charge is -2.28. The van der Waals surface area contributed by atoms with Gasteiger partial charge in [0.25, 0.3) is 0 Å². The first-order valence-corrected chi connectivity index (χ1v) is 8.61. The van der Waals surface area contributed by atoms with Crippen molar-refractivity contribution in [1.29, 1.82) is 0 Å². The van der Waals surface area contributed by atoms with Crippen molar-refractivity contribution in [2.45, 2.75) is 19.3 Å². The Morgan fingerprint density at radius 1 is 1.17 bits per heavy atom. The summed E-state index contributed by atoms with van der Waals surface area (Å²) >= 11 is 0. The van der Waals surface area contributed by atoms with Crippen LogP contribution in [0.25, 0.3) is 0 Å². The molecule has 2 aliphatic heterocycles. The Balaban J connectivity index is 1.74. The zero-order valence-corrected chi connectivity index (χ0v) is 13.9. The molecule has 5 nitrogen and oxygen atoms in total. The van der Waals surface area contributed by atoms with Gasteiger partial charge in [0, 0.05) is 44.5 Å². The normalized spacial score (nSPS) is 26.5. The molecule has 0 bridgehead atoms. The van der Waals surface area contributed by atoms with Crippen molar-refractivity contribution < 1.29 is 4.79 Å². The van der Waals surface area contributed by atoms with Gasteiger partial charge in [-0.05, 0) is 25.0 Å². The summed E-state index contributed by atoms with van der Waals surface area (Å²) in [6.07, 6.45) is 4.43. The number of anilines is 1. The molecule has 1 aromatic carbocycles. The summed E-state index contributed by atoms with van der Waals surface area (Å²) < 4.78 is 0. The van der Waals surface area contributed by atoms with Crippen LogP contribution in [-0.2, 0) is 4.79 Å². The van der Waals surface area contributed by atoms with Crippen molar-refractivity contribution in [1.82, 2.24) is 14.9 Å². The monoisotopic (exact) mass is 322 g/mol. The molecule has 0 N–H and O–H groups in total. The summed E-state index contributed by atoms with van der Waals surface area (Å²) in [5.74, 6) is 1.20. The maximum Gasteiger partial charge on any atom is 0.231 e. The molecule has 124 valence electrons. The highest BCUT2D eigenvalue weighted by atomic mass is 16.2. The van der Waals surface area contributed by atoms with Crippen molar-refractivity contribution in [2.75, 3.05) is 31.1 Å². The molecule has 0 unspecified atom stereocenters. The molecule has 1 spiro atoms. The van der Waals surface area contributed by atoms with Crippen LogP contribution in [0.3, 0.4) is 0 Å². The number of likely N-dealkylation sites (tertiary alicyclic amines) is 1. The van der Waals surface area contributed by atoms with Gasteiger partial charge < -0.3 is 9.80 Å². The molecule has 0 radical (unpaired) electrons. The van der Waals surface area contributed by atoms with Crippen molar-refractivity contribution in [3.63, 3.8) is 0 Å². The molecule has 0 saturated carbocycles. The highest BCUT2D eigenvalue weighted by Crippen LogP contribution is 2.50. The second-order valence-electron chi connectivity index (χ2n) is 6.68. The molecular weight excluding hydrogens is 300 g/mol. The molecule has 2 atom stereocenters. The highest BCUT2D eigenvalue weighted by molar-refractivity contribution is 5.87. The van der Waals surface area contributed by atoms with Crippen LogP contribution in [-0.4, -0.2) is 47.0 Å². The summed E-state index contributed by atoms with van der Waals surface area (Å²) in [7, 11) is 0. The van der Waals surface area contributed by atoms with Gasteiger partial charge >= 0.3 is 0 Å². The number of rotatable bonds is 3. The smallest absolute Gasteiger partial charge is 0.231 e. The Morgan fingerprint density at radius 3 is 2.58 bits per heavy atom. The number of aromatic nitrogens is 2. The largest absolute Gasteiger partial charge is 0.342 e. The molecule has 2 aromatic rings. The van der Waals surface area contributed by atoms with Gasteiger partial charge in [-0.15, -0.1) is 0 Å². The van der Waals surface area contributed by atoms with Crippen LogP contribution in [0.4, 0.5) is 5.95 Å². The van der Waals surface area contributed by atoms with E-state index in [0.29, 0.717) is 6.54 Å². The van der Waals surface area contributed by atoms with Gasteiger partial charge in [-0.25, -0.2) is 9.97 Å². The summed E-state index contributed by atoms with van der Waals surface area (Å²) in [6.45, 7) is 5.18. The third-order valence-corrected chi connectivity index (χ3v) is 5.50. The third kappa shape index (κ3) is 2.27. The molecule has 1 aromatic heterocycles. The first kappa shape index (κ1) is 15.1. The summed E-state index contributed by atoms with van der Waals surface area (Å²) in [5, 5.41) is 0. The van der Waals surface area contributed by atoms with Gasteiger partial charge in [0.05, 0.1) is 5.41 Å². The van der Waals surface area contributed by atoms with Gasteiger partial charge in [0.2, 0.25) is 11.9 Å². The van der Waals surface area contributed by atoms with Crippen LogP contribution in [0.1, 0.15) is 24.8 Å². The third-order valence-electron chi connectivity index (χ3n) is 5.50. The maximum atomic E-state index is 13.2. The molecule has 2 saturated heterocycles. The van der Waals surface area contributed by atoms with Crippen molar-refractivity contribution in [2.24, 2.45) is 5.41 Å². The van der Waals surface area contributed by atoms with E-state index >= 15 is 0 Å². The lowest BCUT2D eigenvalue weighted by Crippen LogP contribution is -2.39. The average molecular weight is 322 g/mol. The van der Waals surface area contributed by atoms with Crippen LogP contribution >= 0.6 is 0 Å². The van der Waals surface area contributed by atoms with Gasteiger partial charge in [0.1, 0.15) is 0 Å². The Morgan fingerprint density at radius 2 is 1.92 bits per heavy atom. The summed E-state index contributed by atoms with van der Waals surface area (Å²) in [4.78, 5) is 26.1. The van der Waals surface area contributed by atoms with E-state index in [-0.39, 0.29) is 17.2 Å². The Kier molecular flexibility index (Phi) is 3.71. The number of carbonyl (C=O) groups is 1. The summed E-state index contributed by atoms with van der Waals surface area (Å²) in [6, 6.07) is 12.2. The van der Waals surface area contributed by atoms with Crippen molar-refractivity contribution in [3.05, 3.63) is 54.4 Å². The number of nitrogens with zero attached hydrogens (tertiary/aromatic N) is 4. The molecule has 3 heterocycles. The maximum absolute atomic E-state index is 13.2. The van der Waals surface area contributed by atoms with Crippen LogP contribution in [0.15, 0.2) is 48.8 Å². The van der Waals surface area contributed by atoms with Gasteiger partial charge in [-0.2, -0.15) is 0 Å². The van der Waals surface area contributed by atoms with E-state index in [1.165, 1.54) is 5.56 Å². The average Bonchev–Trinajstić information content (AvgIpc) is 3.19. The number of hydrogen-bond acceptors (Lipinski definition) is 4. The second kappa shape index (κ2) is 5.89. The fourth-order valence-electron chi connectivity index (χ4n) is 4.26. The van der Waals surface area contributed by atoms with Gasteiger partial charge in [-0.1, -0.05) is 30.3 Å². The standard InChI is InChI=1S/C19H22N4O/c1-2-22-12-9-19(17(22)24)14-23(18-20-10-6-11-21-18)13-16(19)15-7-4-3-5-8-15/h3-8,10-11,16H,2,9,12-14H2,1H3/t16-,19-/m0/s1. The van der Waals surface area contributed by atoms with E-state index in [0.717, 1.165) is 32.0 Å². The molecular formula is C19H22N4O. The predicted molar refractivity (Wildman–Crippen MR) is 92.7 cm³/mol. The molecule has 0 aliphatic carbocycles. The SMILES string of the molecule is CCN1CC[C@@]2(CN(c3ncccn3)C[C@H]2c2ccccc2)C1=O. The zero-order chi connectivity index (χ0) is 16.6.